The molecule has 1 spiro atoms. The highest BCUT2D eigenvalue weighted by Gasteiger charge is 2.48. The fourth-order valence-electron chi connectivity index (χ4n) is 4.68. The quantitative estimate of drug-likeness (QED) is 0.754. The molecule has 154 valence electrons. The fourth-order valence-corrected chi connectivity index (χ4v) is 6.28. The number of sulfonamides is 1. The van der Waals surface area contributed by atoms with Gasteiger partial charge in [0.05, 0.1) is 11.4 Å². The minimum Gasteiger partial charge on any atom is -0.375 e. The summed E-state index contributed by atoms with van der Waals surface area (Å²) in [7, 11) is -3.20. The molecule has 1 atom stereocenters. The molecule has 1 aliphatic carbocycles. The highest BCUT2D eigenvalue weighted by Crippen LogP contribution is 2.41. The van der Waals surface area contributed by atoms with Crippen molar-refractivity contribution >= 4 is 15.9 Å². The first-order chi connectivity index (χ1) is 13.4. The highest BCUT2D eigenvalue weighted by molar-refractivity contribution is 7.89. The van der Waals surface area contributed by atoms with Crippen LogP contribution in [0.15, 0.2) is 30.3 Å². The standard InChI is InChI=1S/C21H30N2O4S/c1-2-28(25,26)23(18-8-9-18)19-10-15-27-21(16-19)11-13-22(14-12-21)20(24)17-6-4-3-5-7-17/h3-7,18-19H,2,8-16H2,1H3. The van der Waals surface area contributed by atoms with E-state index in [0.717, 1.165) is 44.1 Å². The number of carbonyl (C=O) groups is 1. The molecule has 28 heavy (non-hydrogen) atoms. The summed E-state index contributed by atoms with van der Waals surface area (Å²) < 4.78 is 33.4. The van der Waals surface area contributed by atoms with E-state index >= 15 is 0 Å². The first kappa shape index (κ1) is 19.9. The van der Waals surface area contributed by atoms with Gasteiger partial charge in [-0.25, -0.2) is 8.42 Å². The first-order valence-electron chi connectivity index (χ1n) is 10.4. The molecular formula is C21H30N2O4S. The van der Waals surface area contributed by atoms with E-state index in [-0.39, 0.29) is 29.3 Å². The van der Waals surface area contributed by atoms with Crippen molar-refractivity contribution in [2.75, 3.05) is 25.4 Å². The van der Waals surface area contributed by atoms with Crippen molar-refractivity contribution in [3.8, 4) is 0 Å². The molecule has 1 aromatic carbocycles. The predicted octanol–water partition coefficient (Wildman–Crippen LogP) is 2.65. The third-order valence-electron chi connectivity index (χ3n) is 6.40. The SMILES string of the molecule is CCS(=O)(=O)N(C1CC1)C1CCOC2(CCN(C(=O)c3ccccc3)CC2)C1. The van der Waals surface area contributed by atoms with E-state index in [9.17, 15) is 13.2 Å². The second-order valence-electron chi connectivity index (χ2n) is 8.30. The molecule has 2 heterocycles. The van der Waals surface area contributed by atoms with Crippen molar-refractivity contribution in [2.45, 2.75) is 63.1 Å². The topological polar surface area (TPSA) is 66.9 Å². The lowest BCUT2D eigenvalue weighted by Gasteiger charge is -2.48. The van der Waals surface area contributed by atoms with Gasteiger partial charge in [0.1, 0.15) is 0 Å². The monoisotopic (exact) mass is 406 g/mol. The van der Waals surface area contributed by atoms with Crippen molar-refractivity contribution in [1.82, 2.24) is 9.21 Å². The maximum absolute atomic E-state index is 12.7. The number of ether oxygens (including phenoxy) is 1. The van der Waals surface area contributed by atoms with Crippen LogP contribution in [0.25, 0.3) is 0 Å². The molecule has 4 rings (SSSR count). The molecule has 1 aromatic rings. The minimum absolute atomic E-state index is 0.0302. The van der Waals surface area contributed by atoms with Gasteiger partial charge in [0.25, 0.3) is 5.91 Å². The fraction of sp³-hybridized carbons (Fsp3) is 0.667. The van der Waals surface area contributed by atoms with Gasteiger partial charge in [-0.1, -0.05) is 18.2 Å². The smallest absolute Gasteiger partial charge is 0.253 e. The van der Waals surface area contributed by atoms with Gasteiger partial charge in [-0.05, 0) is 57.6 Å². The summed E-state index contributed by atoms with van der Waals surface area (Å²) in [6, 6.07) is 9.59. The molecule has 0 radical (unpaired) electrons. The second-order valence-corrected chi connectivity index (χ2v) is 10.5. The summed E-state index contributed by atoms with van der Waals surface area (Å²) in [4.78, 5) is 14.6. The largest absolute Gasteiger partial charge is 0.375 e. The summed E-state index contributed by atoms with van der Waals surface area (Å²) in [6.07, 6.45) is 5.01. The number of hydrogen-bond acceptors (Lipinski definition) is 4. The molecule has 3 fully saturated rings. The van der Waals surface area contributed by atoms with Crippen LogP contribution in [0.1, 0.15) is 55.8 Å². The summed E-state index contributed by atoms with van der Waals surface area (Å²) in [5.41, 5.74) is 0.419. The zero-order valence-corrected chi connectivity index (χ0v) is 17.4. The molecule has 3 aliphatic rings. The Morgan fingerprint density at radius 3 is 2.43 bits per heavy atom. The molecule has 6 nitrogen and oxygen atoms in total. The molecule has 7 heteroatoms. The summed E-state index contributed by atoms with van der Waals surface area (Å²) in [5, 5.41) is 0. The normalized spacial score (nSPS) is 25.2. The lowest BCUT2D eigenvalue weighted by molar-refractivity contribution is -0.123. The van der Waals surface area contributed by atoms with E-state index in [0.29, 0.717) is 19.7 Å². The van der Waals surface area contributed by atoms with Gasteiger partial charge in [-0.3, -0.25) is 4.79 Å². The van der Waals surface area contributed by atoms with Gasteiger partial charge in [-0.2, -0.15) is 4.31 Å². The number of nitrogens with zero attached hydrogens (tertiary/aromatic N) is 2. The molecule has 1 saturated carbocycles. The Bertz CT molecular complexity index is 799. The number of rotatable bonds is 5. The summed E-state index contributed by atoms with van der Waals surface area (Å²) in [5.74, 6) is 0.226. The van der Waals surface area contributed by atoms with Crippen LogP contribution in [0.2, 0.25) is 0 Å². The van der Waals surface area contributed by atoms with Crippen LogP contribution in [-0.4, -0.2) is 66.7 Å². The third kappa shape index (κ3) is 3.98. The Labute approximate surface area is 167 Å². The molecule has 2 saturated heterocycles. The van der Waals surface area contributed by atoms with Crippen LogP contribution in [0.3, 0.4) is 0 Å². The average molecular weight is 407 g/mol. The molecule has 0 N–H and O–H groups in total. The Kier molecular flexibility index (Phi) is 5.51. The van der Waals surface area contributed by atoms with E-state index in [1.54, 1.807) is 11.2 Å². The molecule has 1 unspecified atom stereocenters. The first-order valence-corrected chi connectivity index (χ1v) is 12.0. The van der Waals surface area contributed by atoms with Crippen LogP contribution in [0.5, 0.6) is 0 Å². The van der Waals surface area contributed by atoms with E-state index in [1.807, 2.05) is 35.2 Å². The third-order valence-corrected chi connectivity index (χ3v) is 8.37. The van der Waals surface area contributed by atoms with Gasteiger partial charge >= 0.3 is 0 Å². The maximum Gasteiger partial charge on any atom is 0.253 e. The van der Waals surface area contributed by atoms with Crippen LogP contribution in [-0.2, 0) is 14.8 Å². The summed E-state index contributed by atoms with van der Waals surface area (Å²) in [6.45, 7) is 3.64. The lowest BCUT2D eigenvalue weighted by atomic mass is 9.82. The van der Waals surface area contributed by atoms with Crippen molar-refractivity contribution in [2.24, 2.45) is 0 Å². The molecular weight excluding hydrogens is 376 g/mol. The van der Waals surface area contributed by atoms with Crippen molar-refractivity contribution in [1.29, 1.82) is 0 Å². The zero-order chi connectivity index (χ0) is 19.8. The van der Waals surface area contributed by atoms with Gasteiger partial charge < -0.3 is 9.64 Å². The van der Waals surface area contributed by atoms with E-state index < -0.39 is 10.0 Å². The van der Waals surface area contributed by atoms with Crippen LogP contribution in [0, 0.1) is 0 Å². The van der Waals surface area contributed by atoms with E-state index in [2.05, 4.69) is 0 Å². The number of piperidine rings is 1. The summed E-state index contributed by atoms with van der Waals surface area (Å²) >= 11 is 0. The van der Waals surface area contributed by atoms with Crippen LogP contribution >= 0.6 is 0 Å². The number of amides is 1. The average Bonchev–Trinajstić information content (AvgIpc) is 3.54. The number of carbonyl (C=O) groups excluding carboxylic acids is 1. The molecule has 0 bridgehead atoms. The molecule has 2 aliphatic heterocycles. The van der Waals surface area contributed by atoms with Gasteiger partial charge in [-0.15, -0.1) is 0 Å². The lowest BCUT2D eigenvalue weighted by Crippen LogP contribution is -2.56. The second kappa shape index (κ2) is 7.76. The zero-order valence-electron chi connectivity index (χ0n) is 16.5. The number of hydrogen-bond donors (Lipinski definition) is 0. The van der Waals surface area contributed by atoms with E-state index in [4.69, 9.17) is 4.74 Å². The van der Waals surface area contributed by atoms with Gasteiger partial charge in [0.2, 0.25) is 10.0 Å². The Hall–Kier alpha value is -1.44. The van der Waals surface area contributed by atoms with Gasteiger partial charge in [0, 0.05) is 37.3 Å². The van der Waals surface area contributed by atoms with Crippen molar-refractivity contribution < 1.29 is 17.9 Å². The Balaban J connectivity index is 1.43. The maximum atomic E-state index is 12.7. The van der Waals surface area contributed by atoms with Crippen LogP contribution < -0.4 is 0 Å². The Morgan fingerprint density at radius 1 is 1.14 bits per heavy atom. The van der Waals surface area contributed by atoms with Crippen molar-refractivity contribution in [3.05, 3.63) is 35.9 Å². The van der Waals surface area contributed by atoms with E-state index in [1.165, 1.54) is 0 Å². The van der Waals surface area contributed by atoms with Crippen LogP contribution in [0.4, 0.5) is 0 Å². The molecule has 0 aromatic heterocycles. The number of likely N-dealkylation sites (tertiary alicyclic amines) is 1. The Morgan fingerprint density at radius 2 is 1.82 bits per heavy atom. The predicted molar refractivity (Wildman–Crippen MR) is 108 cm³/mol. The van der Waals surface area contributed by atoms with Crippen molar-refractivity contribution in [3.63, 3.8) is 0 Å². The van der Waals surface area contributed by atoms with Gasteiger partial charge in [0.15, 0.2) is 0 Å². The number of benzene rings is 1. The highest BCUT2D eigenvalue weighted by atomic mass is 32.2. The minimum atomic E-state index is -3.20. The molecule has 1 amide bonds.